The minimum atomic E-state index is -0.391. The molecule has 0 unspecified atom stereocenters. The zero-order chi connectivity index (χ0) is 15.4. The summed E-state index contributed by atoms with van der Waals surface area (Å²) in [5.74, 6) is 1.78. The van der Waals surface area contributed by atoms with Crippen LogP contribution in [0, 0.1) is 10.1 Å². The second-order valence-electron chi connectivity index (χ2n) is 5.01. The third kappa shape index (κ3) is 3.82. The predicted octanol–water partition coefficient (Wildman–Crippen LogP) is 5.41. The molecule has 0 amide bonds. The Hall–Kier alpha value is -1.88. The van der Waals surface area contributed by atoms with Gasteiger partial charge in [0, 0.05) is 17.0 Å². The molecule has 4 nitrogen and oxygen atoms in total. The standard InChI is InChI=1S/C16H16BrNO3/c1-11(2)12-3-5-14(6-4-12)21-15-7-8-16(18(19)20)13(9-15)10-17/h3-9,11H,10H2,1-2H3. The van der Waals surface area contributed by atoms with Crippen LogP contribution in [0.1, 0.15) is 30.9 Å². The van der Waals surface area contributed by atoms with Crippen molar-refractivity contribution in [3.05, 3.63) is 63.7 Å². The average Bonchev–Trinajstić information content (AvgIpc) is 2.47. The van der Waals surface area contributed by atoms with Gasteiger partial charge < -0.3 is 4.74 Å². The van der Waals surface area contributed by atoms with Crippen LogP contribution in [0.25, 0.3) is 0 Å². The van der Waals surface area contributed by atoms with Crippen LogP contribution in [-0.2, 0) is 5.33 Å². The molecule has 21 heavy (non-hydrogen) atoms. The Balaban J connectivity index is 2.21. The van der Waals surface area contributed by atoms with Crippen molar-refractivity contribution in [3.63, 3.8) is 0 Å². The fourth-order valence-electron chi connectivity index (χ4n) is 1.97. The summed E-state index contributed by atoms with van der Waals surface area (Å²) in [5, 5.41) is 11.3. The second kappa shape index (κ2) is 6.72. The molecule has 0 aliphatic heterocycles. The monoisotopic (exact) mass is 349 g/mol. The van der Waals surface area contributed by atoms with E-state index in [1.807, 2.05) is 24.3 Å². The summed E-state index contributed by atoms with van der Waals surface area (Å²) < 4.78 is 5.75. The molecular weight excluding hydrogens is 334 g/mol. The number of hydrogen-bond donors (Lipinski definition) is 0. The molecule has 2 aromatic carbocycles. The van der Waals surface area contributed by atoms with Gasteiger partial charge in [-0.2, -0.15) is 0 Å². The fraction of sp³-hybridized carbons (Fsp3) is 0.250. The minimum absolute atomic E-state index is 0.0920. The molecule has 0 radical (unpaired) electrons. The highest BCUT2D eigenvalue weighted by Gasteiger charge is 2.13. The summed E-state index contributed by atoms with van der Waals surface area (Å²) in [7, 11) is 0. The number of benzene rings is 2. The van der Waals surface area contributed by atoms with E-state index in [2.05, 4.69) is 29.8 Å². The van der Waals surface area contributed by atoms with Gasteiger partial charge in [0.05, 0.1) is 4.92 Å². The van der Waals surface area contributed by atoms with Crippen LogP contribution in [0.2, 0.25) is 0 Å². The van der Waals surface area contributed by atoms with Gasteiger partial charge in [0.2, 0.25) is 0 Å². The van der Waals surface area contributed by atoms with Crippen molar-refractivity contribution in [3.8, 4) is 11.5 Å². The Morgan fingerprint density at radius 1 is 1.14 bits per heavy atom. The highest BCUT2D eigenvalue weighted by atomic mass is 79.9. The molecule has 0 N–H and O–H groups in total. The summed E-state index contributed by atoms with van der Waals surface area (Å²) in [5.41, 5.74) is 1.93. The first-order chi connectivity index (χ1) is 10.0. The number of ether oxygens (including phenoxy) is 1. The van der Waals surface area contributed by atoms with Crippen molar-refractivity contribution < 1.29 is 9.66 Å². The number of rotatable bonds is 5. The highest BCUT2D eigenvalue weighted by molar-refractivity contribution is 9.08. The first-order valence-corrected chi connectivity index (χ1v) is 7.74. The van der Waals surface area contributed by atoms with Crippen molar-refractivity contribution in [2.45, 2.75) is 25.1 Å². The molecule has 0 aliphatic rings. The Morgan fingerprint density at radius 2 is 1.76 bits per heavy atom. The molecule has 0 aromatic heterocycles. The van der Waals surface area contributed by atoms with Gasteiger partial charge in [-0.3, -0.25) is 10.1 Å². The lowest BCUT2D eigenvalue weighted by molar-refractivity contribution is -0.385. The molecule has 0 saturated heterocycles. The molecule has 5 heteroatoms. The van der Waals surface area contributed by atoms with Crippen LogP contribution in [0.4, 0.5) is 5.69 Å². The van der Waals surface area contributed by atoms with E-state index in [1.165, 1.54) is 11.6 Å². The van der Waals surface area contributed by atoms with E-state index in [4.69, 9.17) is 4.74 Å². The van der Waals surface area contributed by atoms with Crippen LogP contribution in [0.3, 0.4) is 0 Å². The van der Waals surface area contributed by atoms with Gasteiger partial charge in [0.15, 0.2) is 0 Å². The molecule has 0 fully saturated rings. The fourth-order valence-corrected chi connectivity index (χ4v) is 2.42. The Labute approximate surface area is 132 Å². The van der Waals surface area contributed by atoms with Crippen LogP contribution >= 0.6 is 15.9 Å². The van der Waals surface area contributed by atoms with Gasteiger partial charge in [-0.1, -0.05) is 41.9 Å². The van der Waals surface area contributed by atoms with Gasteiger partial charge in [0.25, 0.3) is 5.69 Å². The Morgan fingerprint density at radius 3 is 2.29 bits per heavy atom. The van der Waals surface area contributed by atoms with E-state index in [1.54, 1.807) is 12.1 Å². The van der Waals surface area contributed by atoms with Crippen molar-refractivity contribution >= 4 is 21.6 Å². The van der Waals surface area contributed by atoms with E-state index in [0.717, 1.165) is 0 Å². The van der Waals surface area contributed by atoms with Gasteiger partial charge in [-0.15, -0.1) is 0 Å². The summed E-state index contributed by atoms with van der Waals surface area (Å²) in [4.78, 5) is 10.5. The number of nitro groups is 1. The predicted molar refractivity (Wildman–Crippen MR) is 86.3 cm³/mol. The van der Waals surface area contributed by atoms with Crippen molar-refractivity contribution in [1.29, 1.82) is 0 Å². The number of nitro benzene ring substituents is 1. The molecule has 110 valence electrons. The summed E-state index contributed by atoms with van der Waals surface area (Å²) in [6, 6.07) is 12.6. The Kier molecular flexibility index (Phi) is 4.96. The lowest BCUT2D eigenvalue weighted by Gasteiger charge is -2.09. The second-order valence-corrected chi connectivity index (χ2v) is 5.57. The van der Waals surface area contributed by atoms with Crippen LogP contribution in [0.5, 0.6) is 11.5 Å². The van der Waals surface area contributed by atoms with Gasteiger partial charge in [-0.05, 0) is 35.7 Å². The smallest absolute Gasteiger partial charge is 0.273 e. The maximum Gasteiger partial charge on any atom is 0.273 e. The van der Waals surface area contributed by atoms with E-state index in [0.29, 0.717) is 28.3 Å². The number of hydrogen-bond acceptors (Lipinski definition) is 3. The molecular formula is C16H16BrNO3. The van der Waals surface area contributed by atoms with Gasteiger partial charge in [0.1, 0.15) is 11.5 Å². The number of halogens is 1. The van der Waals surface area contributed by atoms with E-state index >= 15 is 0 Å². The first kappa shape index (κ1) is 15.5. The zero-order valence-electron chi connectivity index (χ0n) is 11.9. The molecule has 2 rings (SSSR count). The topological polar surface area (TPSA) is 52.4 Å². The van der Waals surface area contributed by atoms with Crippen molar-refractivity contribution in [2.75, 3.05) is 0 Å². The normalized spacial score (nSPS) is 10.7. The minimum Gasteiger partial charge on any atom is -0.457 e. The molecule has 0 atom stereocenters. The van der Waals surface area contributed by atoms with E-state index in [-0.39, 0.29) is 5.69 Å². The largest absolute Gasteiger partial charge is 0.457 e. The van der Waals surface area contributed by atoms with Gasteiger partial charge in [-0.25, -0.2) is 0 Å². The quantitative estimate of drug-likeness (QED) is 0.412. The third-order valence-electron chi connectivity index (χ3n) is 3.17. The van der Waals surface area contributed by atoms with Gasteiger partial charge >= 0.3 is 0 Å². The van der Waals surface area contributed by atoms with E-state index < -0.39 is 4.92 Å². The summed E-state index contributed by atoms with van der Waals surface area (Å²) in [6.45, 7) is 4.27. The number of alkyl halides is 1. The van der Waals surface area contributed by atoms with Crippen molar-refractivity contribution in [2.24, 2.45) is 0 Å². The first-order valence-electron chi connectivity index (χ1n) is 6.62. The maximum atomic E-state index is 10.9. The molecule has 0 heterocycles. The highest BCUT2D eigenvalue weighted by Crippen LogP contribution is 2.29. The molecule has 0 aliphatic carbocycles. The van der Waals surface area contributed by atoms with Crippen LogP contribution in [0.15, 0.2) is 42.5 Å². The van der Waals surface area contributed by atoms with Crippen LogP contribution in [-0.4, -0.2) is 4.92 Å². The summed E-state index contributed by atoms with van der Waals surface area (Å²) in [6.07, 6.45) is 0. The molecule has 0 bridgehead atoms. The number of nitrogens with zero attached hydrogens (tertiary/aromatic N) is 1. The lowest BCUT2D eigenvalue weighted by Crippen LogP contribution is -1.94. The zero-order valence-corrected chi connectivity index (χ0v) is 13.5. The molecule has 0 spiro atoms. The SMILES string of the molecule is CC(C)c1ccc(Oc2ccc([N+](=O)[O-])c(CBr)c2)cc1. The third-order valence-corrected chi connectivity index (χ3v) is 3.78. The van der Waals surface area contributed by atoms with E-state index in [9.17, 15) is 10.1 Å². The Bertz CT molecular complexity index is 638. The van der Waals surface area contributed by atoms with Crippen LogP contribution < -0.4 is 4.74 Å². The van der Waals surface area contributed by atoms with Crippen molar-refractivity contribution in [1.82, 2.24) is 0 Å². The maximum absolute atomic E-state index is 10.9. The molecule has 2 aromatic rings. The lowest BCUT2D eigenvalue weighted by atomic mass is 10.0. The summed E-state index contributed by atoms with van der Waals surface area (Å²) >= 11 is 3.26. The molecule has 0 saturated carbocycles. The average molecular weight is 350 g/mol.